The zero-order chi connectivity index (χ0) is 12.4. The first-order chi connectivity index (χ1) is 8.08. The topological polar surface area (TPSA) is 49.6 Å². The van der Waals surface area contributed by atoms with E-state index in [-0.39, 0.29) is 24.5 Å². The molecule has 5 heteroatoms. The summed E-state index contributed by atoms with van der Waals surface area (Å²) in [5, 5.41) is 0. The van der Waals surface area contributed by atoms with Gasteiger partial charge in [0.15, 0.2) is 0 Å². The molecule has 2 fully saturated rings. The second-order valence-corrected chi connectivity index (χ2v) is 5.81. The fraction of sp³-hybridized carbons (Fsp3) is 0.923. The van der Waals surface area contributed by atoms with Crippen LogP contribution in [0.2, 0.25) is 0 Å². The molecule has 2 N–H and O–H groups in total. The van der Waals surface area contributed by atoms with Crippen molar-refractivity contribution in [3.8, 4) is 0 Å². The molecule has 0 saturated carbocycles. The summed E-state index contributed by atoms with van der Waals surface area (Å²) in [7, 11) is 0. The standard InChI is InChI=1S/C13H25N3O.ClH/c1-10-3-6-15(7-4-10)13(17)16-8-5-12(9-16)11(2)14;/h10-12H,3-9,14H2,1-2H3;1H. The fourth-order valence-corrected chi connectivity index (χ4v) is 2.79. The molecule has 0 aromatic heterocycles. The van der Waals surface area contributed by atoms with Crippen molar-refractivity contribution < 1.29 is 4.79 Å². The lowest BCUT2D eigenvalue weighted by Gasteiger charge is -2.33. The molecule has 2 saturated heterocycles. The molecule has 0 spiro atoms. The smallest absolute Gasteiger partial charge is 0.320 e. The zero-order valence-electron chi connectivity index (χ0n) is 11.5. The molecule has 2 amide bonds. The van der Waals surface area contributed by atoms with Crippen molar-refractivity contribution in [3.05, 3.63) is 0 Å². The summed E-state index contributed by atoms with van der Waals surface area (Å²) in [5.74, 6) is 1.26. The van der Waals surface area contributed by atoms with E-state index in [1.54, 1.807) is 0 Å². The third kappa shape index (κ3) is 3.51. The number of piperidine rings is 1. The summed E-state index contributed by atoms with van der Waals surface area (Å²) in [6, 6.07) is 0.439. The Balaban J connectivity index is 0.00000162. The molecule has 2 rings (SSSR count). The first-order valence-electron chi connectivity index (χ1n) is 6.87. The van der Waals surface area contributed by atoms with Gasteiger partial charge in [-0.25, -0.2) is 4.79 Å². The Bertz CT molecular complexity index is 277. The maximum atomic E-state index is 12.3. The van der Waals surface area contributed by atoms with Crippen molar-refractivity contribution in [1.82, 2.24) is 9.80 Å². The van der Waals surface area contributed by atoms with Gasteiger partial charge in [-0.1, -0.05) is 6.92 Å². The molecule has 4 nitrogen and oxygen atoms in total. The maximum Gasteiger partial charge on any atom is 0.320 e. The normalized spacial score (nSPS) is 26.9. The van der Waals surface area contributed by atoms with Crippen molar-refractivity contribution in [3.63, 3.8) is 0 Å². The van der Waals surface area contributed by atoms with Crippen LogP contribution in [0.25, 0.3) is 0 Å². The van der Waals surface area contributed by atoms with E-state index >= 15 is 0 Å². The minimum atomic E-state index is 0. The predicted octanol–water partition coefficient (Wildman–Crippen LogP) is 1.93. The quantitative estimate of drug-likeness (QED) is 0.795. The van der Waals surface area contributed by atoms with Crippen LogP contribution in [0.3, 0.4) is 0 Å². The van der Waals surface area contributed by atoms with Crippen LogP contribution >= 0.6 is 12.4 Å². The van der Waals surface area contributed by atoms with Crippen LogP contribution in [-0.2, 0) is 0 Å². The Kier molecular flexibility index (Phi) is 5.73. The highest BCUT2D eigenvalue weighted by atomic mass is 35.5. The van der Waals surface area contributed by atoms with Crippen LogP contribution in [0.1, 0.15) is 33.1 Å². The molecular formula is C13H26ClN3O. The van der Waals surface area contributed by atoms with Gasteiger partial charge in [-0.15, -0.1) is 12.4 Å². The monoisotopic (exact) mass is 275 g/mol. The Hall–Kier alpha value is -0.480. The Labute approximate surface area is 116 Å². The molecule has 106 valence electrons. The molecule has 2 aliphatic rings. The van der Waals surface area contributed by atoms with E-state index in [2.05, 4.69) is 6.92 Å². The summed E-state index contributed by atoms with van der Waals surface area (Å²) in [6.07, 6.45) is 3.36. The van der Waals surface area contributed by atoms with E-state index in [9.17, 15) is 4.79 Å². The van der Waals surface area contributed by atoms with Gasteiger partial charge in [0.1, 0.15) is 0 Å². The molecule has 0 bridgehead atoms. The highest BCUT2D eigenvalue weighted by Crippen LogP contribution is 2.22. The highest BCUT2D eigenvalue weighted by Gasteiger charge is 2.31. The van der Waals surface area contributed by atoms with Gasteiger partial charge in [0.05, 0.1) is 0 Å². The molecule has 0 aliphatic carbocycles. The van der Waals surface area contributed by atoms with Crippen LogP contribution in [0.5, 0.6) is 0 Å². The van der Waals surface area contributed by atoms with Gasteiger partial charge in [0.2, 0.25) is 0 Å². The Morgan fingerprint density at radius 2 is 1.72 bits per heavy atom. The Morgan fingerprint density at radius 3 is 2.22 bits per heavy atom. The van der Waals surface area contributed by atoms with Crippen LogP contribution in [-0.4, -0.2) is 48.1 Å². The number of hydrogen-bond acceptors (Lipinski definition) is 2. The van der Waals surface area contributed by atoms with Gasteiger partial charge in [0.25, 0.3) is 0 Å². The predicted molar refractivity (Wildman–Crippen MR) is 75.9 cm³/mol. The average Bonchev–Trinajstić information content (AvgIpc) is 2.78. The first-order valence-corrected chi connectivity index (χ1v) is 6.87. The minimum absolute atomic E-state index is 0. The van der Waals surface area contributed by atoms with Crippen LogP contribution in [0, 0.1) is 11.8 Å². The molecule has 0 aromatic carbocycles. The third-order valence-electron chi connectivity index (χ3n) is 4.29. The van der Waals surface area contributed by atoms with Crippen molar-refractivity contribution in [2.75, 3.05) is 26.2 Å². The van der Waals surface area contributed by atoms with Crippen molar-refractivity contribution >= 4 is 18.4 Å². The van der Waals surface area contributed by atoms with Crippen LogP contribution in [0.15, 0.2) is 0 Å². The number of halogens is 1. The number of hydrogen-bond donors (Lipinski definition) is 1. The summed E-state index contributed by atoms with van der Waals surface area (Å²) in [5.41, 5.74) is 5.91. The third-order valence-corrected chi connectivity index (χ3v) is 4.29. The highest BCUT2D eigenvalue weighted by molar-refractivity contribution is 5.85. The molecule has 18 heavy (non-hydrogen) atoms. The van der Waals surface area contributed by atoms with Crippen molar-refractivity contribution in [2.24, 2.45) is 17.6 Å². The molecule has 2 atom stereocenters. The van der Waals surface area contributed by atoms with E-state index in [0.717, 1.165) is 51.4 Å². The summed E-state index contributed by atoms with van der Waals surface area (Å²) in [6.45, 7) is 7.91. The second-order valence-electron chi connectivity index (χ2n) is 5.81. The lowest BCUT2D eigenvalue weighted by molar-refractivity contribution is 0.141. The number of likely N-dealkylation sites (tertiary alicyclic amines) is 2. The fourth-order valence-electron chi connectivity index (χ4n) is 2.79. The number of carbonyl (C=O) groups excluding carboxylic acids is 1. The lowest BCUT2D eigenvalue weighted by Crippen LogP contribution is -2.46. The lowest BCUT2D eigenvalue weighted by atomic mass is 9.99. The number of rotatable bonds is 1. The van der Waals surface area contributed by atoms with E-state index < -0.39 is 0 Å². The van der Waals surface area contributed by atoms with E-state index in [1.165, 1.54) is 0 Å². The number of urea groups is 1. The van der Waals surface area contributed by atoms with Crippen LogP contribution < -0.4 is 5.73 Å². The molecular weight excluding hydrogens is 250 g/mol. The van der Waals surface area contributed by atoms with E-state index in [1.807, 2.05) is 16.7 Å². The summed E-state index contributed by atoms with van der Waals surface area (Å²) in [4.78, 5) is 16.3. The summed E-state index contributed by atoms with van der Waals surface area (Å²) >= 11 is 0. The van der Waals surface area contributed by atoms with Crippen LogP contribution in [0.4, 0.5) is 4.79 Å². The first kappa shape index (κ1) is 15.6. The van der Waals surface area contributed by atoms with Gasteiger partial charge >= 0.3 is 6.03 Å². The number of nitrogens with zero attached hydrogens (tertiary/aromatic N) is 2. The maximum absolute atomic E-state index is 12.3. The van der Waals surface area contributed by atoms with E-state index in [4.69, 9.17) is 5.73 Å². The molecule has 0 radical (unpaired) electrons. The largest absolute Gasteiger partial charge is 0.328 e. The molecule has 0 aromatic rings. The number of amides is 2. The Morgan fingerprint density at radius 1 is 1.17 bits per heavy atom. The zero-order valence-corrected chi connectivity index (χ0v) is 12.3. The second kappa shape index (κ2) is 6.62. The summed E-state index contributed by atoms with van der Waals surface area (Å²) < 4.78 is 0. The number of carbonyl (C=O) groups is 1. The van der Waals surface area contributed by atoms with Gasteiger partial charge in [-0.05, 0) is 38.0 Å². The average molecular weight is 276 g/mol. The van der Waals surface area contributed by atoms with Gasteiger partial charge in [-0.2, -0.15) is 0 Å². The van der Waals surface area contributed by atoms with Crippen molar-refractivity contribution in [2.45, 2.75) is 39.2 Å². The van der Waals surface area contributed by atoms with Crippen molar-refractivity contribution in [1.29, 1.82) is 0 Å². The molecule has 2 heterocycles. The molecule has 2 unspecified atom stereocenters. The van der Waals surface area contributed by atoms with Gasteiger partial charge < -0.3 is 15.5 Å². The minimum Gasteiger partial charge on any atom is -0.328 e. The van der Waals surface area contributed by atoms with E-state index in [0.29, 0.717) is 5.92 Å². The SMILES string of the molecule is CC1CCN(C(=O)N2CCC(C(C)N)C2)CC1.Cl. The molecule has 2 aliphatic heterocycles. The number of nitrogens with two attached hydrogens (primary N) is 1. The van der Waals surface area contributed by atoms with Gasteiger partial charge in [0, 0.05) is 32.2 Å². The van der Waals surface area contributed by atoms with Gasteiger partial charge in [-0.3, -0.25) is 0 Å².